The highest BCUT2D eigenvalue weighted by atomic mass is 35.5. The van der Waals surface area contributed by atoms with Crippen LogP contribution < -0.4 is 5.32 Å². The molecular formula is C19H15Cl2F3N4OS. The van der Waals surface area contributed by atoms with E-state index in [4.69, 9.17) is 23.2 Å². The molecule has 1 amide bonds. The average Bonchev–Trinajstić information content (AvgIpc) is 3.10. The summed E-state index contributed by atoms with van der Waals surface area (Å²) < 4.78 is 40.4. The average molecular weight is 475 g/mol. The number of carbonyl (C=O) groups is 1. The predicted molar refractivity (Wildman–Crippen MR) is 112 cm³/mol. The highest BCUT2D eigenvalue weighted by molar-refractivity contribution is 7.99. The Morgan fingerprint density at radius 2 is 1.87 bits per heavy atom. The highest BCUT2D eigenvalue weighted by Crippen LogP contribution is 2.34. The SMILES string of the molecule is CCn1c(SCC(=O)Nc2cc(C(F)(F)F)ccc2Cl)nnc1-c1ccccc1Cl. The van der Waals surface area contributed by atoms with Crippen molar-refractivity contribution in [2.75, 3.05) is 11.1 Å². The van der Waals surface area contributed by atoms with Gasteiger partial charge >= 0.3 is 6.18 Å². The Kier molecular flexibility index (Phi) is 6.95. The Labute approximate surface area is 184 Å². The lowest BCUT2D eigenvalue weighted by molar-refractivity contribution is -0.137. The van der Waals surface area contributed by atoms with Crippen molar-refractivity contribution in [3.63, 3.8) is 0 Å². The van der Waals surface area contributed by atoms with Crippen LogP contribution in [0.2, 0.25) is 10.0 Å². The second-order valence-electron chi connectivity index (χ2n) is 6.06. The lowest BCUT2D eigenvalue weighted by Crippen LogP contribution is -2.16. The van der Waals surface area contributed by atoms with Crippen LogP contribution in [0.1, 0.15) is 12.5 Å². The van der Waals surface area contributed by atoms with Crippen molar-refractivity contribution in [3.8, 4) is 11.4 Å². The topological polar surface area (TPSA) is 59.8 Å². The number of rotatable bonds is 6. The molecule has 2 aromatic carbocycles. The van der Waals surface area contributed by atoms with Gasteiger partial charge in [0.1, 0.15) is 0 Å². The van der Waals surface area contributed by atoms with Crippen molar-refractivity contribution in [1.29, 1.82) is 0 Å². The number of halogens is 5. The van der Waals surface area contributed by atoms with Gasteiger partial charge in [0.05, 0.1) is 27.0 Å². The van der Waals surface area contributed by atoms with E-state index in [1.165, 1.54) is 0 Å². The lowest BCUT2D eigenvalue weighted by atomic mass is 10.2. The highest BCUT2D eigenvalue weighted by Gasteiger charge is 2.31. The molecule has 30 heavy (non-hydrogen) atoms. The maximum Gasteiger partial charge on any atom is 0.416 e. The quantitative estimate of drug-likeness (QED) is 0.443. The van der Waals surface area contributed by atoms with Crippen molar-refractivity contribution in [1.82, 2.24) is 14.8 Å². The first-order valence-corrected chi connectivity index (χ1v) is 10.4. The summed E-state index contributed by atoms with van der Waals surface area (Å²) in [5.74, 6) is -0.0501. The third-order valence-corrected chi connectivity index (χ3v) is 5.67. The molecule has 0 saturated heterocycles. The summed E-state index contributed by atoms with van der Waals surface area (Å²) >= 11 is 13.2. The van der Waals surface area contributed by atoms with Crippen molar-refractivity contribution >= 4 is 46.6 Å². The number of nitrogens with one attached hydrogen (secondary N) is 1. The van der Waals surface area contributed by atoms with Crippen LogP contribution >= 0.6 is 35.0 Å². The van der Waals surface area contributed by atoms with Gasteiger partial charge in [-0.05, 0) is 37.3 Å². The molecule has 1 aromatic heterocycles. The third kappa shape index (κ3) is 5.08. The van der Waals surface area contributed by atoms with E-state index in [1.54, 1.807) is 16.7 Å². The van der Waals surface area contributed by atoms with Crippen molar-refractivity contribution in [3.05, 3.63) is 58.1 Å². The van der Waals surface area contributed by atoms with Crippen LogP contribution in [0.3, 0.4) is 0 Å². The van der Waals surface area contributed by atoms with E-state index >= 15 is 0 Å². The number of nitrogens with zero attached hydrogens (tertiary/aromatic N) is 3. The van der Waals surface area contributed by atoms with Crippen LogP contribution in [0.4, 0.5) is 18.9 Å². The minimum Gasteiger partial charge on any atom is -0.324 e. The second-order valence-corrected chi connectivity index (χ2v) is 7.82. The van der Waals surface area contributed by atoms with Gasteiger partial charge in [0.25, 0.3) is 0 Å². The number of carbonyl (C=O) groups excluding carboxylic acids is 1. The van der Waals surface area contributed by atoms with E-state index in [-0.39, 0.29) is 16.5 Å². The number of hydrogen-bond acceptors (Lipinski definition) is 4. The summed E-state index contributed by atoms with van der Waals surface area (Å²) in [4.78, 5) is 12.3. The van der Waals surface area contributed by atoms with Gasteiger partial charge < -0.3 is 9.88 Å². The Balaban J connectivity index is 1.72. The van der Waals surface area contributed by atoms with Gasteiger partial charge in [0.15, 0.2) is 11.0 Å². The van der Waals surface area contributed by atoms with Gasteiger partial charge in [-0.3, -0.25) is 4.79 Å². The lowest BCUT2D eigenvalue weighted by Gasteiger charge is -2.12. The van der Waals surface area contributed by atoms with Gasteiger partial charge in [0.2, 0.25) is 5.91 Å². The second kappa shape index (κ2) is 9.28. The number of alkyl halides is 3. The minimum absolute atomic E-state index is 0.0130. The van der Waals surface area contributed by atoms with Crippen LogP contribution in [-0.4, -0.2) is 26.4 Å². The molecule has 0 spiro atoms. The molecule has 0 saturated carbocycles. The fourth-order valence-corrected chi connectivity index (χ4v) is 3.82. The van der Waals surface area contributed by atoms with Crippen LogP contribution in [0.15, 0.2) is 47.6 Å². The van der Waals surface area contributed by atoms with Gasteiger partial charge in [-0.25, -0.2) is 0 Å². The van der Waals surface area contributed by atoms with Gasteiger partial charge in [-0.15, -0.1) is 10.2 Å². The van der Waals surface area contributed by atoms with E-state index in [1.807, 2.05) is 19.1 Å². The number of aromatic nitrogens is 3. The summed E-state index contributed by atoms with van der Waals surface area (Å²) in [6.07, 6.45) is -4.54. The molecule has 0 aliphatic rings. The molecule has 3 aromatic rings. The molecule has 0 aliphatic carbocycles. The predicted octanol–water partition coefficient (Wildman–Crippen LogP) is 6.02. The van der Waals surface area contributed by atoms with Crippen LogP contribution in [0, 0.1) is 0 Å². The molecule has 11 heteroatoms. The van der Waals surface area contributed by atoms with Gasteiger partial charge in [0, 0.05) is 12.1 Å². The van der Waals surface area contributed by atoms with Crippen LogP contribution in [0.5, 0.6) is 0 Å². The molecule has 0 fully saturated rings. The van der Waals surface area contributed by atoms with E-state index < -0.39 is 17.6 Å². The third-order valence-electron chi connectivity index (χ3n) is 4.05. The van der Waals surface area contributed by atoms with Gasteiger partial charge in [-0.2, -0.15) is 13.2 Å². The first kappa shape index (κ1) is 22.5. The molecule has 3 rings (SSSR count). The van der Waals surface area contributed by atoms with E-state index in [2.05, 4.69) is 15.5 Å². The molecule has 1 N–H and O–H groups in total. The number of benzene rings is 2. The van der Waals surface area contributed by atoms with E-state index in [9.17, 15) is 18.0 Å². The molecule has 0 atom stereocenters. The summed E-state index contributed by atoms with van der Waals surface area (Å²) in [6, 6.07) is 9.94. The smallest absolute Gasteiger partial charge is 0.324 e. The first-order valence-electron chi connectivity index (χ1n) is 8.68. The standard InChI is InChI=1S/C19H15Cl2F3N4OS/c1-2-28-17(12-5-3-4-6-13(12)20)26-27-18(28)30-10-16(29)25-15-9-11(19(22,23)24)7-8-14(15)21/h3-9H,2,10H2,1H3,(H,25,29). The fourth-order valence-electron chi connectivity index (χ4n) is 2.64. The number of thioether (sulfide) groups is 1. The Hall–Kier alpha value is -2.23. The Bertz CT molecular complexity index is 1070. The molecule has 0 aliphatic heterocycles. The van der Waals surface area contributed by atoms with E-state index in [0.29, 0.717) is 28.1 Å². The summed E-state index contributed by atoms with van der Waals surface area (Å²) in [5, 5.41) is 11.7. The Morgan fingerprint density at radius 1 is 1.13 bits per heavy atom. The van der Waals surface area contributed by atoms with Gasteiger partial charge in [-0.1, -0.05) is 47.1 Å². The fraction of sp³-hybridized carbons (Fsp3) is 0.211. The van der Waals surface area contributed by atoms with Crippen LogP contribution in [-0.2, 0) is 17.5 Å². The molecule has 0 unspecified atom stereocenters. The molecule has 1 heterocycles. The zero-order valence-electron chi connectivity index (χ0n) is 15.5. The van der Waals surface area contributed by atoms with Crippen LogP contribution in [0.25, 0.3) is 11.4 Å². The first-order chi connectivity index (χ1) is 14.2. The van der Waals surface area contributed by atoms with Crippen molar-refractivity contribution in [2.45, 2.75) is 24.8 Å². The molecule has 5 nitrogen and oxygen atoms in total. The van der Waals surface area contributed by atoms with Crippen molar-refractivity contribution < 1.29 is 18.0 Å². The molecule has 0 radical (unpaired) electrons. The summed E-state index contributed by atoms with van der Waals surface area (Å²) in [7, 11) is 0. The van der Waals surface area contributed by atoms with E-state index in [0.717, 1.165) is 30.0 Å². The monoisotopic (exact) mass is 474 g/mol. The Morgan fingerprint density at radius 3 is 2.53 bits per heavy atom. The number of anilines is 1. The number of hydrogen-bond donors (Lipinski definition) is 1. The minimum atomic E-state index is -4.54. The zero-order valence-corrected chi connectivity index (χ0v) is 17.8. The maximum absolute atomic E-state index is 12.9. The number of amides is 1. The summed E-state index contributed by atoms with van der Waals surface area (Å²) in [6.45, 7) is 2.44. The molecule has 158 valence electrons. The normalized spacial score (nSPS) is 11.5. The zero-order chi connectivity index (χ0) is 21.9. The maximum atomic E-state index is 12.9. The largest absolute Gasteiger partial charge is 0.416 e. The van der Waals surface area contributed by atoms with Crippen molar-refractivity contribution in [2.24, 2.45) is 0 Å². The summed E-state index contributed by atoms with van der Waals surface area (Å²) in [5.41, 5.74) is -0.295. The molecular weight excluding hydrogens is 460 g/mol. The molecule has 0 bridgehead atoms.